The first-order chi connectivity index (χ1) is 8.22. The third-order valence-electron chi connectivity index (χ3n) is 2.47. The van der Waals surface area contributed by atoms with Crippen LogP contribution in [0.5, 0.6) is 5.88 Å². The van der Waals surface area contributed by atoms with Crippen molar-refractivity contribution in [2.75, 3.05) is 7.11 Å². The van der Waals surface area contributed by atoms with Crippen LogP contribution in [0.15, 0.2) is 47.1 Å². The fourth-order valence-electron chi connectivity index (χ4n) is 1.61. The van der Waals surface area contributed by atoms with E-state index in [1.165, 1.54) is 0 Å². The number of ether oxygens (including phenoxy) is 1. The second-order valence-electron chi connectivity index (χ2n) is 3.56. The fraction of sp³-hybridized carbons (Fsp3) is 0.154. The lowest BCUT2D eigenvalue weighted by Gasteiger charge is -2.13. The van der Waals surface area contributed by atoms with Gasteiger partial charge in [-0.3, -0.25) is 0 Å². The molecule has 0 bridgehead atoms. The summed E-state index contributed by atoms with van der Waals surface area (Å²) in [6, 6.07) is 11.1. The summed E-state index contributed by atoms with van der Waals surface area (Å²) in [7, 11) is 1.54. The maximum Gasteiger partial charge on any atom is 0.219 e. The van der Waals surface area contributed by atoms with E-state index in [2.05, 4.69) is 20.9 Å². The van der Waals surface area contributed by atoms with Gasteiger partial charge in [0.25, 0.3) is 0 Å². The Morgan fingerprint density at radius 3 is 2.59 bits per heavy atom. The highest BCUT2D eigenvalue weighted by Gasteiger charge is 2.15. The summed E-state index contributed by atoms with van der Waals surface area (Å²) in [5, 5.41) is 10.3. The average molecular weight is 294 g/mol. The van der Waals surface area contributed by atoms with Crippen molar-refractivity contribution in [1.82, 2.24) is 4.98 Å². The van der Waals surface area contributed by atoms with Gasteiger partial charge < -0.3 is 9.84 Å². The van der Waals surface area contributed by atoms with Crippen molar-refractivity contribution in [3.05, 3.63) is 58.2 Å². The number of nitrogens with zero attached hydrogens (tertiary/aromatic N) is 1. The highest BCUT2D eigenvalue weighted by atomic mass is 79.9. The quantitative estimate of drug-likeness (QED) is 0.946. The lowest BCUT2D eigenvalue weighted by molar-refractivity contribution is 0.213. The third kappa shape index (κ3) is 2.65. The van der Waals surface area contributed by atoms with Crippen LogP contribution >= 0.6 is 15.9 Å². The van der Waals surface area contributed by atoms with Crippen LogP contribution in [0, 0.1) is 0 Å². The van der Waals surface area contributed by atoms with Crippen LogP contribution in [-0.2, 0) is 0 Å². The molecule has 0 aliphatic rings. The van der Waals surface area contributed by atoms with Gasteiger partial charge >= 0.3 is 0 Å². The van der Waals surface area contributed by atoms with E-state index >= 15 is 0 Å². The lowest BCUT2D eigenvalue weighted by Crippen LogP contribution is -2.03. The van der Waals surface area contributed by atoms with E-state index in [1.54, 1.807) is 25.4 Å². The molecule has 0 fully saturated rings. The minimum absolute atomic E-state index is 0.447. The molecule has 1 N–H and O–H groups in total. The Morgan fingerprint density at radius 1 is 1.24 bits per heavy atom. The zero-order valence-corrected chi connectivity index (χ0v) is 10.9. The summed E-state index contributed by atoms with van der Waals surface area (Å²) in [6.45, 7) is 0. The van der Waals surface area contributed by atoms with E-state index in [4.69, 9.17) is 4.74 Å². The number of pyridine rings is 1. The van der Waals surface area contributed by atoms with Crippen molar-refractivity contribution < 1.29 is 9.84 Å². The molecule has 0 saturated carbocycles. The predicted molar refractivity (Wildman–Crippen MR) is 69.0 cm³/mol. The number of halogens is 1. The van der Waals surface area contributed by atoms with Crippen LogP contribution in [-0.4, -0.2) is 17.2 Å². The van der Waals surface area contributed by atoms with Gasteiger partial charge in [0.1, 0.15) is 6.10 Å². The second kappa shape index (κ2) is 5.29. The van der Waals surface area contributed by atoms with Gasteiger partial charge in [0, 0.05) is 16.2 Å². The molecule has 0 saturated heterocycles. The molecule has 0 aliphatic carbocycles. The van der Waals surface area contributed by atoms with E-state index in [1.807, 2.05) is 24.3 Å². The Balaban J connectivity index is 2.36. The molecule has 1 unspecified atom stereocenters. The zero-order valence-electron chi connectivity index (χ0n) is 9.30. The first kappa shape index (κ1) is 12.1. The number of methoxy groups -OCH3 is 1. The SMILES string of the molecule is COc1ncccc1C(O)c1ccc(Br)cc1. The topological polar surface area (TPSA) is 42.4 Å². The number of hydrogen-bond acceptors (Lipinski definition) is 3. The number of aromatic nitrogens is 1. The van der Waals surface area contributed by atoms with Gasteiger partial charge in [-0.15, -0.1) is 0 Å². The highest BCUT2D eigenvalue weighted by molar-refractivity contribution is 9.10. The molecule has 1 heterocycles. The Hall–Kier alpha value is -1.39. The van der Waals surface area contributed by atoms with E-state index < -0.39 is 6.10 Å². The van der Waals surface area contributed by atoms with Gasteiger partial charge in [0.2, 0.25) is 5.88 Å². The molecule has 1 aromatic heterocycles. The summed E-state index contributed by atoms with van der Waals surface area (Å²) in [6.07, 6.45) is 0.906. The zero-order chi connectivity index (χ0) is 12.3. The molecule has 0 aliphatic heterocycles. The summed E-state index contributed by atoms with van der Waals surface area (Å²) in [5.74, 6) is 0.447. The summed E-state index contributed by atoms with van der Waals surface area (Å²) < 4.78 is 6.11. The molecule has 2 aromatic rings. The van der Waals surface area contributed by atoms with Gasteiger partial charge in [0.05, 0.1) is 7.11 Å². The molecule has 0 amide bonds. The monoisotopic (exact) mass is 293 g/mol. The maximum absolute atomic E-state index is 10.3. The smallest absolute Gasteiger partial charge is 0.219 e. The number of rotatable bonds is 3. The number of aliphatic hydroxyl groups excluding tert-OH is 1. The average Bonchev–Trinajstić information content (AvgIpc) is 2.39. The van der Waals surface area contributed by atoms with E-state index in [9.17, 15) is 5.11 Å². The fourth-order valence-corrected chi connectivity index (χ4v) is 1.87. The van der Waals surface area contributed by atoms with Crippen LogP contribution in [0.3, 0.4) is 0 Å². The normalized spacial score (nSPS) is 12.2. The van der Waals surface area contributed by atoms with E-state index in [-0.39, 0.29) is 0 Å². The van der Waals surface area contributed by atoms with Gasteiger partial charge in [-0.05, 0) is 29.8 Å². The van der Waals surface area contributed by atoms with Crippen molar-refractivity contribution in [2.24, 2.45) is 0 Å². The minimum Gasteiger partial charge on any atom is -0.481 e. The van der Waals surface area contributed by atoms with Crippen LogP contribution in [0.4, 0.5) is 0 Å². The highest BCUT2D eigenvalue weighted by Crippen LogP contribution is 2.28. The molecular weight excluding hydrogens is 282 g/mol. The van der Waals surface area contributed by atoms with Crippen molar-refractivity contribution >= 4 is 15.9 Å². The molecule has 4 heteroatoms. The maximum atomic E-state index is 10.3. The molecule has 1 atom stereocenters. The molecule has 2 rings (SSSR count). The molecule has 1 aromatic carbocycles. The van der Waals surface area contributed by atoms with Crippen LogP contribution in [0.2, 0.25) is 0 Å². The van der Waals surface area contributed by atoms with Crippen LogP contribution < -0.4 is 4.74 Å². The first-order valence-corrected chi connectivity index (χ1v) is 5.94. The van der Waals surface area contributed by atoms with Gasteiger partial charge in [0.15, 0.2) is 0 Å². The van der Waals surface area contributed by atoms with Gasteiger partial charge in [-0.25, -0.2) is 4.98 Å². The van der Waals surface area contributed by atoms with Gasteiger partial charge in [-0.2, -0.15) is 0 Å². The van der Waals surface area contributed by atoms with Gasteiger partial charge in [-0.1, -0.05) is 28.1 Å². The predicted octanol–water partition coefficient (Wildman–Crippen LogP) is 2.93. The van der Waals surface area contributed by atoms with E-state index in [0.29, 0.717) is 11.4 Å². The molecule has 0 spiro atoms. The van der Waals surface area contributed by atoms with Crippen molar-refractivity contribution in [3.63, 3.8) is 0 Å². The Labute approximate surface area is 108 Å². The summed E-state index contributed by atoms with van der Waals surface area (Å²) in [4.78, 5) is 4.07. The van der Waals surface area contributed by atoms with Crippen molar-refractivity contribution in [1.29, 1.82) is 0 Å². The molecule has 0 radical (unpaired) electrons. The Bertz CT molecular complexity index is 499. The summed E-state index contributed by atoms with van der Waals surface area (Å²) in [5.41, 5.74) is 1.47. The minimum atomic E-state index is -0.730. The number of aliphatic hydroxyl groups is 1. The molecule has 88 valence electrons. The number of hydrogen-bond donors (Lipinski definition) is 1. The Kier molecular flexibility index (Phi) is 3.76. The number of benzene rings is 1. The van der Waals surface area contributed by atoms with Crippen molar-refractivity contribution in [3.8, 4) is 5.88 Å². The third-order valence-corrected chi connectivity index (χ3v) is 3.00. The standard InChI is InChI=1S/C13H12BrNO2/c1-17-13-11(3-2-8-15-13)12(16)9-4-6-10(14)7-5-9/h2-8,12,16H,1H3. The van der Waals surface area contributed by atoms with Crippen LogP contribution in [0.25, 0.3) is 0 Å². The Morgan fingerprint density at radius 2 is 1.94 bits per heavy atom. The van der Waals surface area contributed by atoms with E-state index in [0.717, 1.165) is 10.0 Å². The molecular formula is C13H12BrNO2. The summed E-state index contributed by atoms with van der Waals surface area (Å²) >= 11 is 3.36. The second-order valence-corrected chi connectivity index (χ2v) is 4.47. The molecule has 3 nitrogen and oxygen atoms in total. The first-order valence-electron chi connectivity index (χ1n) is 5.15. The van der Waals surface area contributed by atoms with Crippen molar-refractivity contribution in [2.45, 2.75) is 6.10 Å². The lowest BCUT2D eigenvalue weighted by atomic mass is 10.0. The largest absolute Gasteiger partial charge is 0.481 e. The molecule has 17 heavy (non-hydrogen) atoms. The van der Waals surface area contributed by atoms with Crippen LogP contribution in [0.1, 0.15) is 17.2 Å².